The summed E-state index contributed by atoms with van der Waals surface area (Å²) in [4.78, 5) is 22.5. The van der Waals surface area contributed by atoms with Crippen LogP contribution in [-0.2, 0) is 0 Å². The zero-order chi connectivity index (χ0) is 22.2. The average molecular weight is 470 g/mol. The number of anilines is 2. The Morgan fingerprint density at radius 1 is 1.03 bits per heavy atom. The highest BCUT2D eigenvalue weighted by Crippen LogP contribution is 2.27. The van der Waals surface area contributed by atoms with Crippen molar-refractivity contribution in [2.45, 2.75) is 43.0 Å². The summed E-state index contributed by atoms with van der Waals surface area (Å²) >= 11 is 7.43. The molecule has 4 rings (SSSR count). The molecule has 3 aromatic rings. The summed E-state index contributed by atoms with van der Waals surface area (Å²) in [6, 6.07) is 2.20. The lowest BCUT2D eigenvalue weighted by molar-refractivity contribution is 0.396. The van der Waals surface area contributed by atoms with Crippen LogP contribution in [0.4, 0.5) is 11.9 Å². The van der Waals surface area contributed by atoms with Gasteiger partial charge < -0.3 is 10.1 Å². The van der Waals surface area contributed by atoms with Crippen LogP contribution in [0.1, 0.15) is 43.2 Å². The maximum atomic E-state index is 6.14. The van der Waals surface area contributed by atoms with Crippen LogP contribution in [0, 0.1) is 0 Å². The van der Waals surface area contributed by atoms with Gasteiger partial charge in [0.05, 0.1) is 22.6 Å². The predicted molar refractivity (Wildman–Crippen MR) is 129 cm³/mol. The van der Waals surface area contributed by atoms with E-state index in [2.05, 4.69) is 35.0 Å². The molecule has 1 aliphatic carbocycles. The van der Waals surface area contributed by atoms with E-state index in [1.54, 1.807) is 44.2 Å². The van der Waals surface area contributed by atoms with E-state index in [0.717, 1.165) is 16.0 Å². The third-order valence-electron chi connectivity index (χ3n) is 5.03. The van der Waals surface area contributed by atoms with Crippen molar-refractivity contribution < 1.29 is 4.74 Å². The molecule has 0 radical (unpaired) electrons. The van der Waals surface area contributed by atoms with Gasteiger partial charge in [-0.25, -0.2) is 15.0 Å². The van der Waals surface area contributed by atoms with Gasteiger partial charge >= 0.3 is 0 Å². The molecule has 1 saturated carbocycles. The Morgan fingerprint density at radius 3 is 2.56 bits per heavy atom. The van der Waals surface area contributed by atoms with E-state index in [-0.39, 0.29) is 0 Å². The number of hydrogen-bond donors (Lipinski definition) is 2. The second-order valence-electron chi connectivity index (χ2n) is 7.32. The van der Waals surface area contributed by atoms with Crippen LogP contribution in [0.2, 0.25) is 5.02 Å². The molecule has 10 heteroatoms. The van der Waals surface area contributed by atoms with Crippen LogP contribution in [0.25, 0.3) is 12.2 Å². The molecule has 2 N–H and O–H groups in total. The van der Waals surface area contributed by atoms with Crippen LogP contribution >= 0.6 is 23.5 Å². The number of pyridine rings is 1. The van der Waals surface area contributed by atoms with Gasteiger partial charge in [-0.3, -0.25) is 9.71 Å². The molecule has 166 valence electrons. The molecule has 0 saturated heterocycles. The Bertz CT molecular complexity index is 1060. The maximum absolute atomic E-state index is 6.14. The lowest BCUT2D eigenvalue weighted by Crippen LogP contribution is -2.23. The molecule has 0 atom stereocenters. The molecule has 32 heavy (non-hydrogen) atoms. The van der Waals surface area contributed by atoms with Crippen molar-refractivity contribution in [1.82, 2.24) is 24.9 Å². The van der Waals surface area contributed by atoms with Gasteiger partial charge in [-0.05, 0) is 36.9 Å². The summed E-state index contributed by atoms with van der Waals surface area (Å²) in [7, 11) is 1.57. The zero-order valence-electron chi connectivity index (χ0n) is 17.7. The molecule has 8 nitrogen and oxygen atoms in total. The summed E-state index contributed by atoms with van der Waals surface area (Å²) in [5.41, 5.74) is 1.62. The lowest BCUT2D eigenvalue weighted by Gasteiger charge is -2.22. The number of nitrogens with one attached hydrogen (secondary N) is 2. The maximum Gasteiger partial charge on any atom is 0.236 e. The Labute approximate surface area is 196 Å². The molecule has 3 heterocycles. The van der Waals surface area contributed by atoms with E-state index in [1.165, 1.54) is 44.1 Å². The molecule has 1 aliphatic rings. The minimum Gasteiger partial charge on any atom is -0.480 e. The van der Waals surface area contributed by atoms with E-state index >= 15 is 0 Å². The standard InChI is InChI=1S/C22H24ClN7OS/c1-31-20-16(13-27-22(29-20)30-32-19-14-24-10-9-18(19)23)8-7-15-11-25-21(26-12-15)28-17-5-3-2-4-6-17/h7-14,17H,2-6H2,1H3,(H,25,26,28)(H,27,29,30)/b8-7+. The Balaban J connectivity index is 1.38. The van der Waals surface area contributed by atoms with Gasteiger partial charge in [-0.2, -0.15) is 4.98 Å². The number of nitrogens with zero attached hydrogens (tertiary/aromatic N) is 5. The number of methoxy groups -OCH3 is 1. The summed E-state index contributed by atoms with van der Waals surface area (Å²) in [5, 5.41) is 4.03. The Kier molecular flexibility index (Phi) is 7.73. The monoisotopic (exact) mass is 469 g/mol. The summed E-state index contributed by atoms with van der Waals surface area (Å²) < 4.78 is 8.48. The molecule has 0 aliphatic heterocycles. The molecule has 3 aromatic heterocycles. The second kappa shape index (κ2) is 11.1. The fourth-order valence-corrected chi connectivity index (χ4v) is 4.15. The van der Waals surface area contributed by atoms with E-state index in [1.807, 2.05) is 12.2 Å². The van der Waals surface area contributed by atoms with Crippen molar-refractivity contribution >= 4 is 47.6 Å². The fourth-order valence-electron chi connectivity index (χ4n) is 3.36. The first kappa shape index (κ1) is 22.3. The number of halogens is 1. The van der Waals surface area contributed by atoms with Crippen LogP contribution < -0.4 is 14.8 Å². The van der Waals surface area contributed by atoms with Crippen molar-refractivity contribution in [3.05, 3.63) is 53.2 Å². The third kappa shape index (κ3) is 6.08. The van der Waals surface area contributed by atoms with E-state index in [0.29, 0.717) is 28.8 Å². The van der Waals surface area contributed by atoms with Gasteiger partial charge in [-0.15, -0.1) is 0 Å². The summed E-state index contributed by atoms with van der Waals surface area (Å²) in [5.74, 6) is 1.54. The van der Waals surface area contributed by atoms with E-state index < -0.39 is 0 Å². The molecule has 0 bridgehead atoms. The second-order valence-corrected chi connectivity index (χ2v) is 8.58. The highest BCUT2D eigenvalue weighted by atomic mass is 35.5. The number of hydrogen-bond acceptors (Lipinski definition) is 9. The van der Waals surface area contributed by atoms with Crippen molar-refractivity contribution in [1.29, 1.82) is 0 Å². The zero-order valence-corrected chi connectivity index (χ0v) is 19.2. The normalized spacial score (nSPS) is 14.4. The minimum atomic E-state index is 0.408. The molecule has 0 spiro atoms. The van der Waals surface area contributed by atoms with Crippen molar-refractivity contribution in [2.24, 2.45) is 0 Å². The smallest absolute Gasteiger partial charge is 0.236 e. The molecular formula is C22H24ClN7OS. The van der Waals surface area contributed by atoms with Gasteiger partial charge in [0, 0.05) is 42.6 Å². The SMILES string of the molecule is COc1nc(NSc2cnccc2Cl)ncc1/C=C/c1cnc(NC2CCCCC2)nc1. The van der Waals surface area contributed by atoms with Gasteiger partial charge in [0.2, 0.25) is 17.8 Å². The summed E-state index contributed by atoms with van der Waals surface area (Å²) in [6.07, 6.45) is 18.6. The predicted octanol–water partition coefficient (Wildman–Crippen LogP) is 5.36. The van der Waals surface area contributed by atoms with Gasteiger partial charge in [-0.1, -0.05) is 36.9 Å². The van der Waals surface area contributed by atoms with Gasteiger partial charge in [0.25, 0.3) is 0 Å². The third-order valence-corrected chi connectivity index (χ3v) is 6.30. The molecular weight excluding hydrogens is 446 g/mol. The van der Waals surface area contributed by atoms with Gasteiger partial charge in [0.15, 0.2) is 0 Å². The quantitative estimate of drug-likeness (QED) is 0.422. The first-order valence-electron chi connectivity index (χ1n) is 10.4. The molecule has 1 fully saturated rings. The van der Waals surface area contributed by atoms with Crippen LogP contribution in [0.3, 0.4) is 0 Å². The fraction of sp³-hybridized carbons (Fsp3) is 0.318. The number of aromatic nitrogens is 5. The summed E-state index contributed by atoms with van der Waals surface area (Å²) in [6.45, 7) is 0. The Hall–Kier alpha value is -2.91. The first-order chi connectivity index (χ1) is 15.7. The van der Waals surface area contributed by atoms with Crippen LogP contribution in [0.5, 0.6) is 5.88 Å². The number of ether oxygens (including phenoxy) is 1. The first-order valence-corrected chi connectivity index (χ1v) is 11.6. The van der Waals surface area contributed by atoms with Crippen molar-refractivity contribution in [3.63, 3.8) is 0 Å². The Morgan fingerprint density at radius 2 is 1.81 bits per heavy atom. The topological polar surface area (TPSA) is 97.7 Å². The minimum absolute atomic E-state index is 0.408. The molecule has 0 unspecified atom stereocenters. The van der Waals surface area contributed by atoms with E-state index in [4.69, 9.17) is 16.3 Å². The largest absolute Gasteiger partial charge is 0.480 e. The lowest BCUT2D eigenvalue weighted by atomic mass is 9.96. The van der Waals surface area contributed by atoms with Crippen molar-refractivity contribution in [2.75, 3.05) is 17.1 Å². The average Bonchev–Trinajstić information content (AvgIpc) is 2.84. The van der Waals surface area contributed by atoms with E-state index in [9.17, 15) is 0 Å². The number of rotatable bonds is 8. The van der Waals surface area contributed by atoms with Gasteiger partial charge in [0.1, 0.15) is 0 Å². The van der Waals surface area contributed by atoms with Crippen LogP contribution in [0.15, 0.2) is 41.9 Å². The molecule has 0 aromatic carbocycles. The van der Waals surface area contributed by atoms with Crippen LogP contribution in [-0.4, -0.2) is 38.1 Å². The van der Waals surface area contributed by atoms with Crippen molar-refractivity contribution in [3.8, 4) is 5.88 Å². The highest BCUT2D eigenvalue weighted by molar-refractivity contribution is 8.00. The highest BCUT2D eigenvalue weighted by Gasteiger charge is 2.13. The molecule has 0 amide bonds.